The van der Waals surface area contributed by atoms with Gasteiger partial charge in [0.1, 0.15) is 5.82 Å². The fourth-order valence-corrected chi connectivity index (χ4v) is 3.10. The lowest BCUT2D eigenvalue weighted by molar-refractivity contribution is 0.645. The van der Waals surface area contributed by atoms with E-state index in [1.165, 1.54) is 11.3 Å². The number of nitrogens with one attached hydrogen (secondary N) is 2. The van der Waals surface area contributed by atoms with Crippen LogP contribution in [0.5, 0.6) is 0 Å². The molecule has 1 aromatic carbocycles. The molecular formula is C18H30IN5S. The van der Waals surface area contributed by atoms with Gasteiger partial charge in [0.05, 0.1) is 11.0 Å². The number of nitrogens with zero attached hydrogens (tertiary/aromatic N) is 3. The lowest BCUT2D eigenvalue weighted by Crippen LogP contribution is -2.38. The molecule has 2 N–H and O–H groups in total. The van der Waals surface area contributed by atoms with Crippen molar-refractivity contribution in [3.8, 4) is 0 Å². The second kappa shape index (κ2) is 12.4. The number of thioether (sulfide) groups is 1. The number of aromatic nitrogens is 2. The van der Waals surface area contributed by atoms with E-state index < -0.39 is 0 Å². The summed E-state index contributed by atoms with van der Waals surface area (Å²) in [6, 6.07) is 8.31. The van der Waals surface area contributed by atoms with Gasteiger partial charge in [0.25, 0.3) is 0 Å². The van der Waals surface area contributed by atoms with E-state index in [9.17, 15) is 0 Å². The molecule has 5 nitrogen and oxygen atoms in total. The van der Waals surface area contributed by atoms with Crippen molar-refractivity contribution < 1.29 is 0 Å². The number of hydrogen-bond acceptors (Lipinski definition) is 3. The molecule has 1 heterocycles. The van der Waals surface area contributed by atoms with E-state index in [4.69, 9.17) is 0 Å². The smallest absolute Gasteiger partial charge is 0.191 e. The molecule has 25 heavy (non-hydrogen) atoms. The minimum Gasteiger partial charge on any atom is -0.357 e. The summed E-state index contributed by atoms with van der Waals surface area (Å²) in [6.07, 6.45) is 4.30. The maximum absolute atomic E-state index is 4.67. The van der Waals surface area contributed by atoms with Gasteiger partial charge in [-0.25, -0.2) is 4.98 Å². The highest BCUT2D eigenvalue weighted by molar-refractivity contribution is 14.0. The van der Waals surface area contributed by atoms with Gasteiger partial charge < -0.3 is 15.2 Å². The predicted molar refractivity (Wildman–Crippen MR) is 121 cm³/mol. The summed E-state index contributed by atoms with van der Waals surface area (Å²) in [5.41, 5.74) is 2.28. The summed E-state index contributed by atoms with van der Waals surface area (Å²) < 4.78 is 2.28. The standard InChI is InChI=1S/C18H29N5S.HI/c1-4-19-18(21-12-8-14-24-3)20-11-7-13-23-15(2)22-16-9-5-6-10-17(16)23;/h5-6,9-10H,4,7-8,11-14H2,1-3H3,(H2,19,20,21);1H. The van der Waals surface area contributed by atoms with Crippen molar-refractivity contribution in [1.82, 2.24) is 20.2 Å². The second-order valence-electron chi connectivity index (χ2n) is 5.69. The molecule has 140 valence electrons. The van der Waals surface area contributed by atoms with Gasteiger partial charge >= 0.3 is 0 Å². The number of rotatable bonds is 9. The second-order valence-corrected chi connectivity index (χ2v) is 6.67. The maximum atomic E-state index is 4.67. The third kappa shape index (κ3) is 7.05. The number of imidazole rings is 1. The first-order valence-corrected chi connectivity index (χ1v) is 10.1. The Labute approximate surface area is 172 Å². The Morgan fingerprint density at radius 3 is 2.80 bits per heavy atom. The fourth-order valence-electron chi connectivity index (χ4n) is 2.66. The van der Waals surface area contributed by atoms with Gasteiger partial charge in [-0.3, -0.25) is 4.99 Å². The van der Waals surface area contributed by atoms with Gasteiger partial charge in [-0.05, 0) is 50.8 Å². The highest BCUT2D eigenvalue weighted by Gasteiger charge is 2.05. The van der Waals surface area contributed by atoms with Crippen molar-refractivity contribution in [2.24, 2.45) is 4.99 Å². The topological polar surface area (TPSA) is 54.2 Å². The van der Waals surface area contributed by atoms with E-state index in [0.29, 0.717) is 0 Å². The van der Waals surface area contributed by atoms with Gasteiger partial charge in [0.2, 0.25) is 0 Å². The minimum atomic E-state index is 0. The van der Waals surface area contributed by atoms with E-state index in [2.05, 4.69) is 63.5 Å². The van der Waals surface area contributed by atoms with Crippen LogP contribution in [0.15, 0.2) is 29.3 Å². The van der Waals surface area contributed by atoms with Gasteiger partial charge in [-0.15, -0.1) is 24.0 Å². The molecule has 2 rings (SSSR count). The van der Waals surface area contributed by atoms with Crippen LogP contribution in [0.3, 0.4) is 0 Å². The van der Waals surface area contributed by atoms with Crippen LogP contribution in [0.2, 0.25) is 0 Å². The monoisotopic (exact) mass is 475 g/mol. The number of halogens is 1. The summed E-state index contributed by atoms with van der Waals surface area (Å²) >= 11 is 1.88. The Bertz CT molecular complexity index is 656. The maximum Gasteiger partial charge on any atom is 0.191 e. The quantitative estimate of drug-likeness (QED) is 0.252. The number of aryl methyl sites for hydroxylation is 2. The van der Waals surface area contributed by atoms with Gasteiger partial charge in [0.15, 0.2) is 5.96 Å². The van der Waals surface area contributed by atoms with E-state index in [0.717, 1.165) is 56.3 Å². The Morgan fingerprint density at radius 2 is 2.04 bits per heavy atom. The Kier molecular flexibility index (Phi) is 11.0. The van der Waals surface area contributed by atoms with Crippen molar-refractivity contribution in [1.29, 1.82) is 0 Å². The minimum absolute atomic E-state index is 0. The normalized spacial score (nSPS) is 11.4. The molecule has 0 saturated heterocycles. The van der Waals surface area contributed by atoms with Crippen LogP contribution in [0.4, 0.5) is 0 Å². The van der Waals surface area contributed by atoms with Crippen LogP contribution in [-0.2, 0) is 6.54 Å². The molecule has 7 heteroatoms. The molecule has 0 aliphatic carbocycles. The molecule has 1 aromatic heterocycles. The largest absolute Gasteiger partial charge is 0.357 e. The number of benzene rings is 1. The molecule has 0 unspecified atom stereocenters. The fraction of sp³-hybridized carbons (Fsp3) is 0.556. The molecule has 0 saturated carbocycles. The van der Waals surface area contributed by atoms with Crippen molar-refractivity contribution in [2.45, 2.75) is 33.2 Å². The number of fused-ring (bicyclic) bond motifs is 1. The van der Waals surface area contributed by atoms with Crippen molar-refractivity contribution in [3.63, 3.8) is 0 Å². The SMILES string of the molecule is CCNC(=NCCCn1c(C)nc2ccccc21)NCCCSC.I. The molecule has 2 aromatic rings. The first-order chi connectivity index (χ1) is 11.8. The summed E-state index contributed by atoms with van der Waals surface area (Å²) in [6.45, 7) is 7.78. The van der Waals surface area contributed by atoms with Crippen molar-refractivity contribution >= 4 is 52.7 Å². The van der Waals surface area contributed by atoms with E-state index >= 15 is 0 Å². The van der Waals surface area contributed by atoms with Gasteiger partial charge in [-0.1, -0.05) is 12.1 Å². The van der Waals surface area contributed by atoms with Crippen molar-refractivity contribution in [2.75, 3.05) is 31.6 Å². The summed E-state index contributed by atoms with van der Waals surface area (Å²) in [5.74, 6) is 3.17. The first kappa shape index (κ1) is 22.1. The van der Waals surface area contributed by atoms with E-state index in [1.54, 1.807) is 0 Å². The zero-order valence-corrected chi connectivity index (χ0v) is 18.6. The third-order valence-corrected chi connectivity index (χ3v) is 4.51. The molecule has 0 aliphatic rings. The summed E-state index contributed by atoms with van der Waals surface area (Å²) in [5, 5.41) is 6.70. The summed E-state index contributed by atoms with van der Waals surface area (Å²) in [7, 11) is 0. The van der Waals surface area contributed by atoms with E-state index in [1.807, 2.05) is 17.8 Å². The van der Waals surface area contributed by atoms with Gasteiger partial charge in [0, 0.05) is 26.2 Å². The molecule has 0 amide bonds. The number of para-hydroxylation sites is 2. The van der Waals surface area contributed by atoms with E-state index in [-0.39, 0.29) is 24.0 Å². The number of aliphatic imine (C=N–C) groups is 1. The van der Waals surface area contributed by atoms with Crippen LogP contribution >= 0.6 is 35.7 Å². The van der Waals surface area contributed by atoms with Crippen LogP contribution in [0.1, 0.15) is 25.6 Å². The molecular weight excluding hydrogens is 445 g/mol. The molecule has 0 fully saturated rings. The highest BCUT2D eigenvalue weighted by Crippen LogP contribution is 2.15. The average molecular weight is 475 g/mol. The number of guanidine groups is 1. The van der Waals surface area contributed by atoms with Crippen molar-refractivity contribution in [3.05, 3.63) is 30.1 Å². The lowest BCUT2D eigenvalue weighted by atomic mass is 10.3. The molecule has 0 radical (unpaired) electrons. The van der Waals surface area contributed by atoms with Crippen LogP contribution < -0.4 is 10.6 Å². The zero-order valence-electron chi connectivity index (χ0n) is 15.4. The van der Waals surface area contributed by atoms with Gasteiger partial charge in [-0.2, -0.15) is 11.8 Å². The Morgan fingerprint density at radius 1 is 1.24 bits per heavy atom. The van der Waals surface area contributed by atoms with Crippen LogP contribution in [-0.4, -0.2) is 47.2 Å². The lowest BCUT2D eigenvalue weighted by Gasteiger charge is -2.11. The Hall–Kier alpha value is -0.960. The molecule has 0 spiro atoms. The summed E-state index contributed by atoms with van der Waals surface area (Å²) in [4.78, 5) is 9.29. The zero-order chi connectivity index (χ0) is 17.2. The predicted octanol–water partition coefficient (Wildman–Crippen LogP) is 3.66. The van der Waals surface area contributed by atoms with Crippen LogP contribution in [0, 0.1) is 6.92 Å². The third-order valence-electron chi connectivity index (χ3n) is 3.82. The first-order valence-electron chi connectivity index (χ1n) is 8.69. The van der Waals surface area contributed by atoms with Crippen LogP contribution in [0.25, 0.3) is 11.0 Å². The molecule has 0 bridgehead atoms. The molecule has 0 atom stereocenters. The Balaban J connectivity index is 0.00000312. The average Bonchev–Trinajstić information content (AvgIpc) is 2.91. The highest BCUT2D eigenvalue weighted by atomic mass is 127. The molecule has 0 aliphatic heterocycles. The number of hydrogen-bond donors (Lipinski definition) is 2.